The molecule has 6 heteroatoms. The number of Topliss-reactive ketones (excluding diaryl/α,β-unsaturated/α-hetero) is 1. The first kappa shape index (κ1) is 14.1. The van der Waals surface area contributed by atoms with Crippen molar-refractivity contribution in [3.05, 3.63) is 53.6 Å². The summed E-state index contributed by atoms with van der Waals surface area (Å²) >= 11 is 0. The predicted octanol–water partition coefficient (Wildman–Crippen LogP) is 1.51. The lowest BCUT2D eigenvalue weighted by Crippen LogP contribution is -2.36. The van der Waals surface area contributed by atoms with Gasteiger partial charge in [0, 0.05) is 11.3 Å². The SMILES string of the molecule is O=C(C[C@@]1(O)C(=O)Nc2ccccc21)c1cc(O)ccc1O. The van der Waals surface area contributed by atoms with Crippen molar-refractivity contribution < 1.29 is 24.9 Å². The number of carbonyl (C=O) groups excluding carboxylic acids is 2. The molecule has 0 saturated heterocycles. The first-order chi connectivity index (χ1) is 10.4. The van der Waals surface area contributed by atoms with Crippen LogP contribution in [0.25, 0.3) is 0 Å². The number of aliphatic hydroxyl groups is 1. The van der Waals surface area contributed by atoms with Gasteiger partial charge in [0.2, 0.25) is 0 Å². The zero-order chi connectivity index (χ0) is 15.9. The van der Waals surface area contributed by atoms with Gasteiger partial charge in [-0.3, -0.25) is 9.59 Å². The highest BCUT2D eigenvalue weighted by Gasteiger charge is 2.46. The van der Waals surface area contributed by atoms with Crippen LogP contribution in [0.15, 0.2) is 42.5 Å². The number of para-hydroxylation sites is 1. The van der Waals surface area contributed by atoms with E-state index in [1.165, 1.54) is 12.1 Å². The van der Waals surface area contributed by atoms with Gasteiger partial charge >= 0.3 is 0 Å². The van der Waals surface area contributed by atoms with Gasteiger partial charge in [0.25, 0.3) is 5.91 Å². The molecule has 1 aliphatic rings. The lowest BCUT2D eigenvalue weighted by Gasteiger charge is -2.20. The second-order valence-electron chi connectivity index (χ2n) is 5.16. The molecule has 0 radical (unpaired) electrons. The van der Waals surface area contributed by atoms with Crippen molar-refractivity contribution in [2.45, 2.75) is 12.0 Å². The minimum absolute atomic E-state index is 0.148. The topological polar surface area (TPSA) is 107 Å². The number of anilines is 1. The molecule has 1 heterocycles. The smallest absolute Gasteiger partial charge is 0.261 e. The van der Waals surface area contributed by atoms with Crippen molar-refractivity contribution in [2.75, 3.05) is 5.32 Å². The molecule has 1 amide bonds. The molecule has 4 N–H and O–H groups in total. The molecule has 0 bridgehead atoms. The molecule has 22 heavy (non-hydrogen) atoms. The lowest BCUT2D eigenvalue weighted by atomic mass is 9.88. The van der Waals surface area contributed by atoms with Crippen molar-refractivity contribution in [3.63, 3.8) is 0 Å². The molecule has 0 saturated carbocycles. The highest BCUT2D eigenvalue weighted by molar-refractivity contribution is 6.10. The number of nitrogens with one attached hydrogen (secondary N) is 1. The maximum atomic E-state index is 12.3. The highest BCUT2D eigenvalue weighted by Crippen LogP contribution is 2.39. The summed E-state index contributed by atoms with van der Waals surface area (Å²) in [7, 11) is 0. The molecule has 3 rings (SSSR count). The van der Waals surface area contributed by atoms with E-state index in [-0.39, 0.29) is 17.1 Å². The van der Waals surface area contributed by atoms with Crippen molar-refractivity contribution in [2.24, 2.45) is 0 Å². The van der Waals surface area contributed by atoms with Crippen LogP contribution in [0.4, 0.5) is 5.69 Å². The van der Waals surface area contributed by atoms with Crippen LogP contribution >= 0.6 is 0 Å². The summed E-state index contributed by atoms with van der Waals surface area (Å²) in [5, 5.41) is 32.3. The Balaban J connectivity index is 1.97. The van der Waals surface area contributed by atoms with Gasteiger partial charge in [0.15, 0.2) is 11.4 Å². The van der Waals surface area contributed by atoms with Crippen molar-refractivity contribution in [1.82, 2.24) is 0 Å². The van der Waals surface area contributed by atoms with Gasteiger partial charge in [-0.2, -0.15) is 0 Å². The summed E-state index contributed by atoms with van der Waals surface area (Å²) < 4.78 is 0. The average molecular weight is 299 g/mol. The number of hydrogen-bond acceptors (Lipinski definition) is 5. The van der Waals surface area contributed by atoms with Crippen LogP contribution in [-0.4, -0.2) is 27.0 Å². The normalized spacial score (nSPS) is 19.6. The van der Waals surface area contributed by atoms with Crippen LogP contribution in [0.2, 0.25) is 0 Å². The van der Waals surface area contributed by atoms with Gasteiger partial charge in [0.05, 0.1) is 12.0 Å². The van der Waals surface area contributed by atoms with Crippen LogP contribution < -0.4 is 5.32 Å². The van der Waals surface area contributed by atoms with E-state index in [9.17, 15) is 24.9 Å². The van der Waals surface area contributed by atoms with E-state index in [2.05, 4.69) is 5.32 Å². The third kappa shape index (κ3) is 2.10. The maximum absolute atomic E-state index is 12.3. The Morgan fingerprint density at radius 2 is 1.86 bits per heavy atom. The third-order valence-corrected chi connectivity index (χ3v) is 3.69. The number of aromatic hydroxyl groups is 2. The zero-order valence-corrected chi connectivity index (χ0v) is 11.4. The Labute approximate surface area is 125 Å². The molecular formula is C16H13NO5. The van der Waals surface area contributed by atoms with Crippen LogP contribution in [0.3, 0.4) is 0 Å². The van der Waals surface area contributed by atoms with E-state index in [4.69, 9.17) is 0 Å². The first-order valence-corrected chi connectivity index (χ1v) is 6.60. The Hall–Kier alpha value is -2.86. The second-order valence-corrected chi connectivity index (χ2v) is 5.16. The molecule has 6 nitrogen and oxygen atoms in total. The Bertz CT molecular complexity index is 786. The molecule has 2 aromatic rings. The maximum Gasteiger partial charge on any atom is 0.261 e. The van der Waals surface area contributed by atoms with Crippen LogP contribution in [0, 0.1) is 0 Å². The lowest BCUT2D eigenvalue weighted by molar-refractivity contribution is -0.133. The largest absolute Gasteiger partial charge is 0.508 e. The van der Waals surface area contributed by atoms with E-state index >= 15 is 0 Å². The molecule has 0 aromatic heterocycles. The summed E-state index contributed by atoms with van der Waals surface area (Å²) in [5.41, 5.74) is -1.38. The van der Waals surface area contributed by atoms with Gasteiger partial charge in [-0.1, -0.05) is 18.2 Å². The van der Waals surface area contributed by atoms with Gasteiger partial charge < -0.3 is 20.6 Å². The summed E-state index contributed by atoms with van der Waals surface area (Å²) in [6, 6.07) is 10.0. The van der Waals surface area contributed by atoms with Crippen LogP contribution in [-0.2, 0) is 10.4 Å². The van der Waals surface area contributed by atoms with Crippen molar-refractivity contribution >= 4 is 17.4 Å². The summed E-state index contributed by atoms with van der Waals surface area (Å²) in [4.78, 5) is 24.4. The quantitative estimate of drug-likeness (QED) is 0.507. The van der Waals surface area contributed by atoms with E-state index in [1.54, 1.807) is 24.3 Å². The fourth-order valence-corrected chi connectivity index (χ4v) is 2.55. The van der Waals surface area contributed by atoms with Crippen LogP contribution in [0.1, 0.15) is 22.3 Å². The first-order valence-electron chi connectivity index (χ1n) is 6.60. The number of hydrogen-bond donors (Lipinski definition) is 4. The molecule has 1 aliphatic heterocycles. The molecule has 0 aliphatic carbocycles. The number of fused-ring (bicyclic) bond motifs is 1. The third-order valence-electron chi connectivity index (χ3n) is 3.69. The molecule has 1 atom stereocenters. The minimum Gasteiger partial charge on any atom is -0.508 e. The molecular weight excluding hydrogens is 286 g/mol. The van der Waals surface area contributed by atoms with Gasteiger partial charge in [-0.15, -0.1) is 0 Å². The van der Waals surface area contributed by atoms with Gasteiger partial charge in [-0.05, 0) is 24.3 Å². The van der Waals surface area contributed by atoms with E-state index in [0.717, 1.165) is 6.07 Å². The number of carbonyl (C=O) groups is 2. The number of amides is 1. The van der Waals surface area contributed by atoms with E-state index in [1.807, 2.05) is 0 Å². The number of benzene rings is 2. The summed E-state index contributed by atoms with van der Waals surface area (Å²) in [5.74, 6) is -1.85. The Morgan fingerprint density at radius 1 is 1.14 bits per heavy atom. The number of phenols is 2. The predicted molar refractivity (Wildman–Crippen MR) is 77.7 cm³/mol. The minimum atomic E-state index is -1.99. The fraction of sp³-hybridized carbons (Fsp3) is 0.125. The van der Waals surface area contributed by atoms with Crippen molar-refractivity contribution in [1.29, 1.82) is 0 Å². The van der Waals surface area contributed by atoms with Gasteiger partial charge in [0.1, 0.15) is 11.5 Å². The molecule has 2 aromatic carbocycles. The van der Waals surface area contributed by atoms with Crippen molar-refractivity contribution in [3.8, 4) is 11.5 Å². The second kappa shape index (κ2) is 4.85. The standard InChI is InChI=1S/C16H13NO5/c18-9-5-6-13(19)10(7-9)14(20)8-16(22)11-3-1-2-4-12(11)17-15(16)21/h1-7,18-19,22H,8H2,(H,17,21)/t16-/m0/s1. The molecule has 0 unspecified atom stereocenters. The average Bonchev–Trinajstić information content (AvgIpc) is 2.73. The van der Waals surface area contributed by atoms with E-state index < -0.39 is 23.7 Å². The van der Waals surface area contributed by atoms with E-state index in [0.29, 0.717) is 11.3 Å². The number of ketones is 1. The van der Waals surface area contributed by atoms with Crippen LogP contribution in [0.5, 0.6) is 11.5 Å². The number of phenolic OH excluding ortho intramolecular Hbond substituents is 2. The molecule has 112 valence electrons. The molecule has 0 fully saturated rings. The zero-order valence-electron chi connectivity index (χ0n) is 11.4. The van der Waals surface area contributed by atoms with Gasteiger partial charge in [-0.25, -0.2) is 0 Å². The summed E-state index contributed by atoms with van der Waals surface area (Å²) in [6.07, 6.45) is -0.535. The summed E-state index contributed by atoms with van der Waals surface area (Å²) in [6.45, 7) is 0. The fourth-order valence-electron chi connectivity index (χ4n) is 2.55. The number of rotatable bonds is 3. The Morgan fingerprint density at radius 3 is 2.64 bits per heavy atom. The highest BCUT2D eigenvalue weighted by atomic mass is 16.3. The monoisotopic (exact) mass is 299 g/mol. The Kier molecular flexibility index (Phi) is 3.11. The molecule has 0 spiro atoms.